The van der Waals surface area contributed by atoms with Crippen molar-refractivity contribution in [2.45, 2.75) is 51.8 Å². The second-order valence-electron chi connectivity index (χ2n) is 10.7. The minimum atomic E-state index is -0.676. The van der Waals surface area contributed by atoms with Crippen LogP contribution in [-0.4, -0.2) is 60.3 Å². The number of carbonyl (C=O) groups excluding carboxylic acids is 2. The van der Waals surface area contributed by atoms with E-state index in [9.17, 15) is 14.0 Å². The van der Waals surface area contributed by atoms with Gasteiger partial charge in [0.1, 0.15) is 23.4 Å². The molecule has 3 N–H and O–H groups in total. The lowest BCUT2D eigenvalue weighted by Gasteiger charge is -2.34. The zero-order valence-corrected chi connectivity index (χ0v) is 22.6. The predicted molar refractivity (Wildman–Crippen MR) is 147 cm³/mol. The number of nitrogen functional groups attached to an aromatic ring is 1. The van der Waals surface area contributed by atoms with E-state index in [4.69, 9.17) is 15.6 Å². The molecule has 1 atom stereocenters. The summed E-state index contributed by atoms with van der Waals surface area (Å²) in [5.41, 5.74) is 8.26. The maximum Gasteiger partial charge on any atom is 0.410 e. The molecular formula is C28H31FN8O3. The Morgan fingerprint density at radius 2 is 1.93 bits per heavy atom. The molecule has 1 aliphatic rings. The number of benzene rings is 1. The van der Waals surface area contributed by atoms with Gasteiger partial charge in [0.05, 0.1) is 11.4 Å². The van der Waals surface area contributed by atoms with E-state index in [1.807, 2.05) is 49.7 Å². The van der Waals surface area contributed by atoms with Crippen LogP contribution in [0.25, 0.3) is 22.3 Å². The van der Waals surface area contributed by atoms with E-state index in [2.05, 4.69) is 20.3 Å². The first kappa shape index (κ1) is 27.0. The molecule has 3 aromatic heterocycles. The average Bonchev–Trinajstić information content (AvgIpc) is 3.32. The number of hydrogen-bond donors (Lipinski definition) is 2. The highest BCUT2D eigenvalue weighted by Crippen LogP contribution is 2.34. The summed E-state index contributed by atoms with van der Waals surface area (Å²) >= 11 is 0. The Balaban J connectivity index is 1.37. The van der Waals surface area contributed by atoms with Gasteiger partial charge in [0.15, 0.2) is 17.2 Å². The van der Waals surface area contributed by atoms with Crippen LogP contribution >= 0.6 is 0 Å². The lowest BCUT2D eigenvalue weighted by Crippen LogP contribution is -2.43. The van der Waals surface area contributed by atoms with Crippen molar-refractivity contribution in [2.75, 3.05) is 18.8 Å². The summed E-state index contributed by atoms with van der Waals surface area (Å²) in [6, 6.07) is 9.94. The molecule has 12 heteroatoms. The second-order valence-corrected chi connectivity index (χ2v) is 10.7. The monoisotopic (exact) mass is 546 g/mol. The van der Waals surface area contributed by atoms with Crippen LogP contribution in [0.4, 0.5) is 15.0 Å². The van der Waals surface area contributed by atoms with Crippen molar-refractivity contribution >= 4 is 28.9 Å². The number of likely N-dealkylation sites (tertiary alicyclic amines) is 1. The predicted octanol–water partition coefficient (Wildman–Crippen LogP) is 4.11. The number of pyridine rings is 1. The fourth-order valence-corrected chi connectivity index (χ4v) is 4.70. The Kier molecular flexibility index (Phi) is 7.33. The van der Waals surface area contributed by atoms with Gasteiger partial charge in [-0.1, -0.05) is 24.3 Å². The molecule has 2 amide bonds. The van der Waals surface area contributed by atoms with Gasteiger partial charge in [-0.3, -0.25) is 4.79 Å². The number of piperidine rings is 1. The number of amides is 2. The Morgan fingerprint density at radius 3 is 2.65 bits per heavy atom. The summed E-state index contributed by atoms with van der Waals surface area (Å²) in [5.74, 6) is -0.964. The number of fused-ring (bicyclic) bond motifs is 1. The number of halogens is 1. The van der Waals surface area contributed by atoms with Crippen LogP contribution < -0.4 is 11.1 Å². The van der Waals surface area contributed by atoms with E-state index in [-0.39, 0.29) is 24.4 Å². The fourth-order valence-electron chi connectivity index (χ4n) is 4.70. The molecule has 1 aliphatic heterocycles. The van der Waals surface area contributed by atoms with Gasteiger partial charge >= 0.3 is 6.09 Å². The van der Waals surface area contributed by atoms with E-state index in [1.165, 1.54) is 24.7 Å². The largest absolute Gasteiger partial charge is 0.444 e. The molecule has 40 heavy (non-hydrogen) atoms. The Morgan fingerprint density at radius 1 is 1.15 bits per heavy atom. The number of aromatic nitrogens is 5. The number of nitrogens with one attached hydrogen (secondary N) is 1. The van der Waals surface area contributed by atoms with Crippen molar-refractivity contribution in [3.8, 4) is 11.3 Å². The number of carbonyl (C=O) groups is 2. The van der Waals surface area contributed by atoms with Crippen molar-refractivity contribution in [1.82, 2.24) is 34.9 Å². The lowest BCUT2D eigenvalue weighted by molar-refractivity contribution is 0.0169. The van der Waals surface area contributed by atoms with Crippen LogP contribution in [0.15, 0.2) is 48.9 Å². The van der Waals surface area contributed by atoms with Gasteiger partial charge in [-0.15, -0.1) is 0 Å². The molecular weight excluding hydrogens is 515 g/mol. The quantitative estimate of drug-likeness (QED) is 0.381. The van der Waals surface area contributed by atoms with E-state index in [0.29, 0.717) is 35.6 Å². The Hall–Kier alpha value is -4.61. The first-order valence-electron chi connectivity index (χ1n) is 13.1. The van der Waals surface area contributed by atoms with Gasteiger partial charge in [0.2, 0.25) is 0 Å². The second kappa shape index (κ2) is 10.9. The van der Waals surface area contributed by atoms with Crippen molar-refractivity contribution < 1.29 is 18.7 Å². The first-order valence-corrected chi connectivity index (χ1v) is 13.1. The molecule has 0 bridgehead atoms. The van der Waals surface area contributed by atoms with Gasteiger partial charge in [0, 0.05) is 31.4 Å². The van der Waals surface area contributed by atoms with Gasteiger partial charge in [-0.2, -0.15) is 5.10 Å². The minimum absolute atomic E-state index is 0.117. The fraction of sp³-hybridized carbons (Fsp3) is 0.357. The van der Waals surface area contributed by atoms with E-state index >= 15 is 0 Å². The van der Waals surface area contributed by atoms with Crippen LogP contribution in [0.2, 0.25) is 0 Å². The summed E-state index contributed by atoms with van der Waals surface area (Å²) in [6.07, 6.45) is 4.04. The average molecular weight is 547 g/mol. The third-order valence-corrected chi connectivity index (χ3v) is 6.57. The van der Waals surface area contributed by atoms with Gasteiger partial charge < -0.3 is 20.7 Å². The zero-order valence-electron chi connectivity index (χ0n) is 22.6. The van der Waals surface area contributed by atoms with Gasteiger partial charge in [-0.25, -0.2) is 28.8 Å². The number of nitrogens with zero attached hydrogens (tertiary/aromatic N) is 6. The highest BCUT2D eigenvalue weighted by molar-refractivity contribution is 5.98. The molecule has 11 nitrogen and oxygen atoms in total. The number of nitrogens with two attached hydrogens (primary N) is 1. The molecule has 0 aliphatic carbocycles. The molecule has 1 aromatic carbocycles. The summed E-state index contributed by atoms with van der Waals surface area (Å²) in [6.45, 7) is 6.78. The number of anilines is 1. The van der Waals surface area contributed by atoms with E-state index in [1.54, 1.807) is 4.90 Å². The summed E-state index contributed by atoms with van der Waals surface area (Å²) in [4.78, 5) is 39.2. The molecule has 4 heterocycles. The van der Waals surface area contributed by atoms with Crippen molar-refractivity contribution in [2.24, 2.45) is 0 Å². The molecule has 0 radical (unpaired) electrons. The number of hydrogen-bond acceptors (Lipinski definition) is 8. The third kappa shape index (κ3) is 5.70. The van der Waals surface area contributed by atoms with E-state index < -0.39 is 17.3 Å². The molecule has 1 saturated heterocycles. The van der Waals surface area contributed by atoms with Crippen LogP contribution in [0.1, 0.15) is 55.7 Å². The normalized spacial score (nSPS) is 15.7. The molecule has 5 rings (SSSR count). The van der Waals surface area contributed by atoms with Crippen molar-refractivity contribution in [3.63, 3.8) is 0 Å². The number of ether oxygens (including phenoxy) is 1. The smallest absolute Gasteiger partial charge is 0.410 e. The van der Waals surface area contributed by atoms with Crippen LogP contribution in [0.3, 0.4) is 0 Å². The molecule has 4 aromatic rings. The molecule has 0 spiro atoms. The topological polar surface area (TPSA) is 141 Å². The maximum atomic E-state index is 13.9. The standard InChI is InChI=1S/C28H31FN8O3/c1-28(2,3)40-27(39)36-13-5-6-19(15-36)37-25-21(24(30)33-16-34-25)22(35-37)18-10-8-17(9-11-18)14-32-26(38)23-20(29)7-4-12-31-23/h4,7-12,16,19H,5-6,13-15H2,1-3H3,(H,32,38)(H2,30,33,34)/t19-/m1/s1. The van der Waals surface area contributed by atoms with Crippen molar-refractivity contribution in [3.05, 3.63) is 66.0 Å². The molecule has 1 fully saturated rings. The summed E-state index contributed by atoms with van der Waals surface area (Å²) < 4.78 is 21.3. The SMILES string of the molecule is CC(C)(C)OC(=O)N1CCC[C@@H](n2nc(-c3ccc(CNC(=O)c4ncccc4F)cc3)c3c(N)ncnc32)C1. The van der Waals surface area contributed by atoms with Crippen LogP contribution in [0.5, 0.6) is 0 Å². The highest BCUT2D eigenvalue weighted by Gasteiger charge is 2.31. The zero-order chi connectivity index (χ0) is 28.4. The summed E-state index contributed by atoms with van der Waals surface area (Å²) in [5, 5.41) is 8.21. The number of rotatable bonds is 5. The van der Waals surface area contributed by atoms with Crippen molar-refractivity contribution in [1.29, 1.82) is 0 Å². The first-order chi connectivity index (χ1) is 19.1. The third-order valence-electron chi connectivity index (χ3n) is 6.57. The van der Waals surface area contributed by atoms with E-state index in [0.717, 1.165) is 24.0 Å². The molecule has 0 saturated carbocycles. The molecule has 0 unspecified atom stereocenters. The lowest BCUT2D eigenvalue weighted by atomic mass is 10.1. The van der Waals surface area contributed by atoms with Crippen LogP contribution in [0, 0.1) is 5.82 Å². The molecule has 208 valence electrons. The Labute approximate surface area is 230 Å². The van der Waals surface area contributed by atoms with Gasteiger partial charge in [-0.05, 0) is 51.3 Å². The highest BCUT2D eigenvalue weighted by atomic mass is 19.1. The summed E-state index contributed by atoms with van der Waals surface area (Å²) in [7, 11) is 0. The van der Waals surface area contributed by atoms with Crippen LogP contribution in [-0.2, 0) is 11.3 Å². The maximum absolute atomic E-state index is 13.9. The Bertz CT molecular complexity index is 1550. The minimum Gasteiger partial charge on any atom is -0.444 e. The van der Waals surface area contributed by atoms with Gasteiger partial charge in [0.25, 0.3) is 5.91 Å².